The second-order valence-corrected chi connectivity index (χ2v) is 5.61. The maximum atomic E-state index is 12.4. The minimum absolute atomic E-state index is 0.138. The second-order valence-electron chi connectivity index (χ2n) is 5.20. The number of nitrogens with two attached hydrogens (primary N) is 2. The Kier molecular flexibility index (Phi) is 4.30. The van der Waals surface area contributed by atoms with Gasteiger partial charge in [-0.15, -0.1) is 0 Å². The van der Waals surface area contributed by atoms with Gasteiger partial charge in [0.25, 0.3) is 0 Å². The lowest BCUT2D eigenvalue weighted by Gasteiger charge is -2.26. The highest BCUT2D eigenvalue weighted by molar-refractivity contribution is 6.34. The number of hydrogen-bond acceptors (Lipinski definition) is 3. The van der Waals surface area contributed by atoms with E-state index < -0.39 is 11.3 Å². The lowest BCUT2D eigenvalue weighted by Crippen LogP contribution is -2.40. The standard InChI is InChI=1S/C14H18ClN3O2/c15-10-4-3-9(12(17)19)7-11(10)18-13(20)14(8-16)5-1-2-6-14/h3-4,7H,1-2,5-6,8,16H2,(H2,17,19)(H,18,20). The Balaban J connectivity index is 2.23. The van der Waals surface area contributed by atoms with Gasteiger partial charge in [-0.1, -0.05) is 24.4 Å². The first-order chi connectivity index (χ1) is 9.48. The quantitative estimate of drug-likeness (QED) is 0.791. The van der Waals surface area contributed by atoms with Crippen molar-refractivity contribution in [1.29, 1.82) is 0 Å². The zero-order chi connectivity index (χ0) is 14.8. The van der Waals surface area contributed by atoms with Gasteiger partial charge in [0.2, 0.25) is 11.8 Å². The van der Waals surface area contributed by atoms with Crippen LogP contribution in [0.25, 0.3) is 0 Å². The molecule has 1 aliphatic carbocycles. The van der Waals surface area contributed by atoms with E-state index in [1.807, 2.05) is 0 Å². The summed E-state index contributed by atoms with van der Waals surface area (Å²) in [4.78, 5) is 23.6. The molecule has 0 aliphatic heterocycles. The number of carbonyl (C=O) groups excluding carboxylic acids is 2. The molecule has 2 rings (SSSR count). The molecule has 1 aliphatic rings. The van der Waals surface area contributed by atoms with E-state index in [0.29, 0.717) is 22.8 Å². The van der Waals surface area contributed by atoms with Gasteiger partial charge in [0.05, 0.1) is 16.1 Å². The number of amides is 2. The fourth-order valence-electron chi connectivity index (χ4n) is 2.60. The Morgan fingerprint density at radius 1 is 1.30 bits per heavy atom. The molecule has 0 saturated heterocycles. The minimum atomic E-state index is -0.563. The van der Waals surface area contributed by atoms with Crippen LogP contribution in [0.4, 0.5) is 5.69 Å². The Morgan fingerprint density at radius 2 is 1.95 bits per heavy atom. The van der Waals surface area contributed by atoms with Gasteiger partial charge in [0.1, 0.15) is 0 Å². The molecule has 0 heterocycles. The second kappa shape index (κ2) is 5.81. The van der Waals surface area contributed by atoms with E-state index in [1.165, 1.54) is 12.1 Å². The van der Waals surface area contributed by atoms with Gasteiger partial charge in [-0.2, -0.15) is 0 Å². The highest BCUT2D eigenvalue weighted by Gasteiger charge is 2.39. The Morgan fingerprint density at radius 3 is 2.50 bits per heavy atom. The van der Waals surface area contributed by atoms with Crippen molar-refractivity contribution in [2.75, 3.05) is 11.9 Å². The first-order valence-corrected chi connectivity index (χ1v) is 6.97. The van der Waals surface area contributed by atoms with E-state index in [1.54, 1.807) is 6.07 Å². The molecule has 108 valence electrons. The third kappa shape index (κ3) is 2.78. The molecule has 2 amide bonds. The number of primary amides is 1. The van der Waals surface area contributed by atoms with E-state index >= 15 is 0 Å². The summed E-state index contributed by atoms with van der Waals surface area (Å²) >= 11 is 6.04. The predicted molar refractivity (Wildman–Crippen MR) is 78.6 cm³/mol. The summed E-state index contributed by atoms with van der Waals surface area (Å²) in [6.07, 6.45) is 3.56. The van der Waals surface area contributed by atoms with Crippen LogP contribution in [0.3, 0.4) is 0 Å². The topological polar surface area (TPSA) is 98.2 Å². The normalized spacial score (nSPS) is 16.9. The Hall–Kier alpha value is -1.59. The van der Waals surface area contributed by atoms with Crippen molar-refractivity contribution >= 4 is 29.1 Å². The molecule has 1 saturated carbocycles. The van der Waals surface area contributed by atoms with Crippen LogP contribution < -0.4 is 16.8 Å². The van der Waals surface area contributed by atoms with Crippen LogP contribution in [0.15, 0.2) is 18.2 Å². The summed E-state index contributed by atoms with van der Waals surface area (Å²) in [5.74, 6) is -0.701. The molecule has 20 heavy (non-hydrogen) atoms. The lowest BCUT2D eigenvalue weighted by atomic mass is 9.85. The summed E-state index contributed by atoms with van der Waals surface area (Å²) in [5.41, 5.74) is 11.2. The lowest BCUT2D eigenvalue weighted by molar-refractivity contribution is -0.124. The molecule has 6 heteroatoms. The van der Waals surface area contributed by atoms with E-state index in [-0.39, 0.29) is 5.91 Å². The molecule has 0 aromatic heterocycles. The third-order valence-corrected chi connectivity index (χ3v) is 4.26. The van der Waals surface area contributed by atoms with Crippen LogP contribution in [0.2, 0.25) is 5.02 Å². The van der Waals surface area contributed by atoms with Gasteiger partial charge in [-0.25, -0.2) is 0 Å². The summed E-state index contributed by atoms with van der Waals surface area (Å²) in [7, 11) is 0. The molecule has 5 nitrogen and oxygen atoms in total. The van der Waals surface area contributed by atoms with Crippen LogP contribution >= 0.6 is 11.6 Å². The van der Waals surface area contributed by atoms with Gasteiger partial charge < -0.3 is 16.8 Å². The number of nitrogens with one attached hydrogen (secondary N) is 1. The fourth-order valence-corrected chi connectivity index (χ4v) is 2.77. The molecule has 0 radical (unpaired) electrons. The average Bonchev–Trinajstić information content (AvgIpc) is 2.91. The smallest absolute Gasteiger partial charge is 0.248 e. The van der Waals surface area contributed by atoms with Crippen molar-refractivity contribution in [3.8, 4) is 0 Å². The zero-order valence-corrected chi connectivity index (χ0v) is 11.9. The number of carbonyl (C=O) groups is 2. The van der Waals surface area contributed by atoms with Crippen molar-refractivity contribution < 1.29 is 9.59 Å². The molecule has 5 N–H and O–H groups in total. The maximum absolute atomic E-state index is 12.4. The van der Waals surface area contributed by atoms with Gasteiger partial charge in [-0.3, -0.25) is 9.59 Å². The maximum Gasteiger partial charge on any atom is 0.248 e. The Labute approximate surface area is 122 Å². The first-order valence-electron chi connectivity index (χ1n) is 6.59. The molecule has 0 unspecified atom stereocenters. The third-order valence-electron chi connectivity index (χ3n) is 3.93. The number of rotatable bonds is 4. The molecular formula is C14H18ClN3O2. The number of hydrogen-bond donors (Lipinski definition) is 3. The largest absolute Gasteiger partial charge is 0.366 e. The van der Waals surface area contributed by atoms with Crippen LogP contribution in [-0.4, -0.2) is 18.4 Å². The van der Waals surface area contributed by atoms with Crippen molar-refractivity contribution in [2.24, 2.45) is 16.9 Å². The molecule has 0 atom stereocenters. The van der Waals surface area contributed by atoms with E-state index in [9.17, 15) is 9.59 Å². The van der Waals surface area contributed by atoms with Crippen molar-refractivity contribution in [1.82, 2.24) is 0 Å². The molecule has 0 spiro atoms. The van der Waals surface area contributed by atoms with Crippen molar-refractivity contribution in [3.63, 3.8) is 0 Å². The molecule has 1 fully saturated rings. The van der Waals surface area contributed by atoms with Crippen LogP contribution in [0.1, 0.15) is 36.0 Å². The predicted octanol–water partition coefficient (Wildman–Crippen LogP) is 1.90. The number of benzene rings is 1. The fraction of sp³-hybridized carbons (Fsp3) is 0.429. The summed E-state index contributed by atoms with van der Waals surface area (Å²) < 4.78 is 0. The van der Waals surface area contributed by atoms with Crippen molar-refractivity contribution in [3.05, 3.63) is 28.8 Å². The summed E-state index contributed by atoms with van der Waals surface area (Å²) in [5, 5.41) is 3.15. The van der Waals surface area contributed by atoms with Gasteiger partial charge in [0, 0.05) is 12.1 Å². The van der Waals surface area contributed by atoms with Gasteiger partial charge in [0.15, 0.2) is 0 Å². The monoisotopic (exact) mass is 295 g/mol. The molecule has 1 aromatic carbocycles. The van der Waals surface area contributed by atoms with Gasteiger partial charge in [-0.05, 0) is 31.0 Å². The SMILES string of the molecule is NCC1(C(=O)Nc2cc(C(N)=O)ccc2Cl)CCCC1. The molecule has 1 aromatic rings. The average molecular weight is 296 g/mol. The van der Waals surface area contributed by atoms with Crippen molar-refractivity contribution in [2.45, 2.75) is 25.7 Å². The minimum Gasteiger partial charge on any atom is -0.366 e. The highest BCUT2D eigenvalue weighted by Crippen LogP contribution is 2.38. The van der Waals surface area contributed by atoms with Crippen LogP contribution in [0.5, 0.6) is 0 Å². The van der Waals surface area contributed by atoms with E-state index in [4.69, 9.17) is 23.1 Å². The Bertz CT molecular complexity index is 539. The summed E-state index contributed by atoms with van der Waals surface area (Å²) in [6.45, 7) is 0.311. The number of halogens is 1. The zero-order valence-electron chi connectivity index (χ0n) is 11.1. The summed E-state index contributed by atoms with van der Waals surface area (Å²) in [6, 6.07) is 4.55. The number of anilines is 1. The first kappa shape index (κ1) is 14.8. The molecular weight excluding hydrogens is 278 g/mol. The van der Waals surface area contributed by atoms with Crippen LogP contribution in [-0.2, 0) is 4.79 Å². The highest BCUT2D eigenvalue weighted by atomic mass is 35.5. The van der Waals surface area contributed by atoms with E-state index in [0.717, 1.165) is 25.7 Å². The van der Waals surface area contributed by atoms with Crippen LogP contribution in [0, 0.1) is 5.41 Å². The van der Waals surface area contributed by atoms with E-state index in [2.05, 4.69) is 5.32 Å². The molecule has 0 bridgehead atoms. The van der Waals surface area contributed by atoms with Gasteiger partial charge >= 0.3 is 0 Å².